The van der Waals surface area contributed by atoms with E-state index in [2.05, 4.69) is 44.6 Å². The molecule has 1 aromatic rings. The molecule has 0 radical (unpaired) electrons. The van der Waals surface area contributed by atoms with Gasteiger partial charge in [-0.3, -0.25) is 4.90 Å². The predicted octanol–water partition coefficient (Wildman–Crippen LogP) is 3.08. The fourth-order valence-electron chi connectivity index (χ4n) is 2.24. The third-order valence-electron chi connectivity index (χ3n) is 3.25. The van der Waals surface area contributed by atoms with E-state index in [-0.39, 0.29) is 0 Å². The lowest BCUT2D eigenvalue weighted by molar-refractivity contribution is 0.218. The Balaban J connectivity index is 1.91. The van der Waals surface area contributed by atoms with Crippen LogP contribution in [0.1, 0.15) is 24.1 Å². The first kappa shape index (κ1) is 12.6. The zero-order chi connectivity index (χ0) is 11.4. The summed E-state index contributed by atoms with van der Waals surface area (Å²) in [5, 5.41) is 5.62. The van der Waals surface area contributed by atoms with Gasteiger partial charge < -0.3 is 5.32 Å². The number of nitrogens with zero attached hydrogens (tertiary/aromatic N) is 1. The van der Waals surface area contributed by atoms with Crippen LogP contribution in [0.5, 0.6) is 0 Å². The summed E-state index contributed by atoms with van der Waals surface area (Å²) in [6.07, 6.45) is 3.91. The van der Waals surface area contributed by atoms with Gasteiger partial charge in [0.15, 0.2) is 0 Å². The van der Waals surface area contributed by atoms with E-state index >= 15 is 0 Å². The first-order chi connectivity index (χ1) is 7.77. The molecule has 0 amide bonds. The fourth-order valence-corrected chi connectivity index (χ4v) is 3.78. The standard InChI is InChI=1S/C12H19BrN2S/c1-15(9-12-11(13)5-8-16-12)10-3-2-6-14-7-4-10/h5,8,10,14H,2-4,6-7,9H2,1H3. The average Bonchev–Trinajstić information content (AvgIpc) is 2.57. The lowest BCUT2D eigenvalue weighted by Gasteiger charge is -2.26. The Morgan fingerprint density at radius 2 is 2.38 bits per heavy atom. The number of hydrogen-bond acceptors (Lipinski definition) is 3. The van der Waals surface area contributed by atoms with Crippen LogP contribution in [-0.4, -0.2) is 31.1 Å². The maximum Gasteiger partial charge on any atom is 0.0339 e. The molecule has 1 fully saturated rings. The van der Waals surface area contributed by atoms with Crippen molar-refractivity contribution in [2.24, 2.45) is 0 Å². The molecule has 0 bridgehead atoms. The van der Waals surface area contributed by atoms with E-state index in [1.807, 2.05) is 11.3 Å². The molecule has 4 heteroatoms. The van der Waals surface area contributed by atoms with Gasteiger partial charge in [0.05, 0.1) is 0 Å². The quantitative estimate of drug-likeness (QED) is 0.923. The normalized spacial score (nSPS) is 22.3. The Kier molecular flexibility index (Phi) is 4.82. The van der Waals surface area contributed by atoms with Crippen molar-refractivity contribution in [3.8, 4) is 0 Å². The van der Waals surface area contributed by atoms with Crippen molar-refractivity contribution in [3.05, 3.63) is 20.8 Å². The second-order valence-corrected chi connectivity index (χ2v) is 6.30. The lowest BCUT2D eigenvalue weighted by Crippen LogP contribution is -2.31. The Bertz CT molecular complexity index is 319. The molecule has 1 aromatic heterocycles. The number of halogens is 1. The van der Waals surface area contributed by atoms with Crippen LogP contribution in [0, 0.1) is 0 Å². The molecular weight excluding hydrogens is 284 g/mol. The van der Waals surface area contributed by atoms with Crippen molar-refractivity contribution in [2.75, 3.05) is 20.1 Å². The highest BCUT2D eigenvalue weighted by molar-refractivity contribution is 9.10. The summed E-state index contributed by atoms with van der Waals surface area (Å²) >= 11 is 5.45. The molecule has 1 aliphatic rings. The van der Waals surface area contributed by atoms with Crippen LogP contribution < -0.4 is 5.32 Å². The van der Waals surface area contributed by atoms with Gasteiger partial charge in [-0.25, -0.2) is 0 Å². The predicted molar refractivity (Wildman–Crippen MR) is 74.0 cm³/mol. The van der Waals surface area contributed by atoms with Gasteiger partial charge in [-0.15, -0.1) is 11.3 Å². The molecule has 0 aromatic carbocycles. The third-order valence-corrected chi connectivity index (χ3v) is 5.16. The molecule has 2 heterocycles. The van der Waals surface area contributed by atoms with E-state index < -0.39 is 0 Å². The molecule has 1 saturated heterocycles. The number of thiophene rings is 1. The summed E-state index contributed by atoms with van der Waals surface area (Å²) < 4.78 is 1.26. The minimum Gasteiger partial charge on any atom is -0.317 e. The van der Waals surface area contributed by atoms with Crippen molar-refractivity contribution in [1.29, 1.82) is 0 Å². The monoisotopic (exact) mass is 302 g/mol. The number of nitrogens with one attached hydrogen (secondary N) is 1. The second kappa shape index (κ2) is 6.15. The smallest absolute Gasteiger partial charge is 0.0339 e. The summed E-state index contributed by atoms with van der Waals surface area (Å²) in [6, 6.07) is 2.88. The van der Waals surface area contributed by atoms with Crippen LogP contribution >= 0.6 is 27.3 Å². The molecule has 1 unspecified atom stereocenters. The summed E-state index contributed by atoms with van der Waals surface area (Å²) in [6.45, 7) is 3.43. The van der Waals surface area contributed by atoms with E-state index in [4.69, 9.17) is 0 Å². The first-order valence-corrected chi connectivity index (χ1v) is 7.57. The minimum absolute atomic E-state index is 0.740. The van der Waals surface area contributed by atoms with Crippen molar-refractivity contribution in [3.63, 3.8) is 0 Å². The van der Waals surface area contributed by atoms with Crippen LogP contribution in [0.25, 0.3) is 0 Å². The van der Waals surface area contributed by atoms with Crippen LogP contribution in [0.4, 0.5) is 0 Å². The largest absolute Gasteiger partial charge is 0.317 e. The molecule has 90 valence electrons. The SMILES string of the molecule is CN(Cc1sccc1Br)C1CCCNCC1. The maximum absolute atomic E-state index is 3.61. The van der Waals surface area contributed by atoms with Gasteiger partial charge in [0.2, 0.25) is 0 Å². The zero-order valence-corrected chi connectivity index (χ0v) is 12.1. The van der Waals surface area contributed by atoms with Gasteiger partial charge in [-0.1, -0.05) is 0 Å². The Hall–Kier alpha value is 0.1000. The van der Waals surface area contributed by atoms with E-state index in [0.29, 0.717) is 0 Å². The molecule has 1 atom stereocenters. The van der Waals surface area contributed by atoms with Crippen molar-refractivity contribution < 1.29 is 0 Å². The molecule has 1 aliphatic heterocycles. The average molecular weight is 303 g/mol. The van der Waals surface area contributed by atoms with Crippen LogP contribution in [-0.2, 0) is 6.54 Å². The minimum atomic E-state index is 0.740. The Labute approximate surface area is 110 Å². The van der Waals surface area contributed by atoms with Crippen LogP contribution in [0.3, 0.4) is 0 Å². The fraction of sp³-hybridized carbons (Fsp3) is 0.667. The van der Waals surface area contributed by atoms with E-state index in [1.54, 1.807) is 0 Å². The van der Waals surface area contributed by atoms with Crippen molar-refractivity contribution in [2.45, 2.75) is 31.8 Å². The molecule has 1 N–H and O–H groups in total. The summed E-state index contributed by atoms with van der Waals surface area (Å²) in [7, 11) is 2.25. The molecule has 2 nitrogen and oxygen atoms in total. The summed E-state index contributed by atoms with van der Waals surface area (Å²) in [4.78, 5) is 3.95. The topological polar surface area (TPSA) is 15.3 Å². The van der Waals surface area contributed by atoms with Gasteiger partial charge in [0.1, 0.15) is 0 Å². The highest BCUT2D eigenvalue weighted by Crippen LogP contribution is 2.25. The highest BCUT2D eigenvalue weighted by Gasteiger charge is 2.17. The molecular formula is C12H19BrN2S. The van der Waals surface area contributed by atoms with Crippen LogP contribution in [0.15, 0.2) is 15.9 Å². The second-order valence-electron chi connectivity index (χ2n) is 4.44. The summed E-state index contributed by atoms with van der Waals surface area (Å²) in [5.41, 5.74) is 0. The van der Waals surface area contributed by atoms with Gasteiger partial charge in [0.25, 0.3) is 0 Å². The summed E-state index contributed by atoms with van der Waals surface area (Å²) in [5.74, 6) is 0. The Morgan fingerprint density at radius 3 is 3.12 bits per heavy atom. The Morgan fingerprint density at radius 1 is 1.50 bits per heavy atom. The molecule has 0 aliphatic carbocycles. The number of hydrogen-bond donors (Lipinski definition) is 1. The zero-order valence-electron chi connectivity index (χ0n) is 9.71. The van der Waals surface area contributed by atoms with Gasteiger partial charge >= 0.3 is 0 Å². The van der Waals surface area contributed by atoms with Crippen molar-refractivity contribution >= 4 is 27.3 Å². The van der Waals surface area contributed by atoms with E-state index in [9.17, 15) is 0 Å². The highest BCUT2D eigenvalue weighted by atomic mass is 79.9. The van der Waals surface area contributed by atoms with Crippen molar-refractivity contribution in [1.82, 2.24) is 10.2 Å². The first-order valence-electron chi connectivity index (χ1n) is 5.90. The van der Waals surface area contributed by atoms with E-state index in [0.717, 1.165) is 12.6 Å². The van der Waals surface area contributed by atoms with Gasteiger partial charge in [-0.05, 0) is 66.8 Å². The maximum atomic E-state index is 3.61. The third kappa shape index (κ3) is 3.29. The molecule has 2 rings (SSSR count). The van der Waals surface area contributed by atoms with E-state index in [1.165, 1.54) is 41.7 Å². The molecule has 0 spiro atoms. The van der Waals surface area contributed by atoms with Crippen LogP contribution in [0.2, 0.25) is 0 Å². The number of rotatable bonds is 3. The molecule has 0 saturated carbocycles. The van der Waals surface area contributed by atoms with Gasteiger partial charge in [0, 0.05) is 21.9 Å². The lowest BCUT2D eigenvalue weighted by atomic mass is 10.1. The van der Waals surface area contributed by atoms with Gasteiger partial charge in [-0.2, -0.15) is 0 Å². The molecule has 16 heavy (non-hydrogen) atoms.